The summed E-state index contributed by atoms with van der Waals surface area (Å²) in [7, 11) is 0. The second-order valence-corrected chi connectivity index (χ2v) is 6.74. The number of carboxylic acid groups (broad SMARTS) is 1. The molecule has 7 heteroatoms. The lowest BCUT2D eigenvalue weighted by molar-refractivity contribution is -0.142. The smallest absolute Gasteiger partial charge is 0.326 e. The number of ether oxygens (including phenoxy) is 3. The summed E-state index contributed by atoms with van der Waals surface area (Å²) in [6.45, 7) is 2.20. The van der Waals surface area contributed by atoms with E-state index in [1.165, 1.54) is 0 Å². The molecule has 0 radical (unpaired) electrons. The molecule has 2 N–H and O–H groups in total. The highest BCUT2D eigenvalue weighted by molar-refractivity contribution is 5.97. The first-order valence-electron chi connectivity index (χ1n) is 9.09. The molecule has 1 amide bonds. The highest BCUT2D eigenvalue weighted by atomic mass is 16.5. The lowest BCUT2D eigenvalue weighted by Crippen LogP contribution is -2.48. The van der Waals surface area contributed by atoms with Crippen molar-refractivity contribution in [2.45, 2.75) is 37.8 Å². The number of rotatable bonds is 7. The SMILES string of the molecule is O=C(NC(C(=O)O)C1CCCOC1)c1cccc(OCC2CCCO2)c1. The monoisotopic (exact) mass is 363 g/mol. The Morgan fingerprint density at radius 1 is 1.27 bits per heavy atom. The molecule has 142 valence electrons. The van der Waals surface area contributed by atoms with Crippen LogP contribution < -0.4 is 10.1 Å². The van der Waals surface area contributed by atoms with Crippen molar-refractivity contribution in [3.05, 3.63) is 29.8 Å². The second-order valence-electron chi connectivity index (χ2n) is 6.74. The average Bonchev–Trinajstić information content (AvgIpc) is 3.18. The molecule has 1 aromatic carbocycles. The molecule has 2 aliphatic heterocycles. The standard InChI is InChI=1S/C19H25NO6/c21-18(20-17(19(22)23)14-5-2-8-24-11-14)13-4-1-6-15(10-13)26-12-16-7-3-9-25-16/h1,4,6,10,14,16-17H,2-3,5,7-9,11-12H2,(H,20,21)(H,22,23). The third kappa shape index (κ3) is 4.95. The van der Waals surface area contributed by atoms with Crippen molar-refractivity contribution in [1.29, 1.82) is 0 Å². The summed E-state index contributed by atoms with van der Waals surface area (Å²) < 4.78 is 16.6. The molecule has 2 saturated heterocycles. The van der Waals surface area contributed by atoms with E-state index in [0.717, 1.165) is 32.3 Å². The molecule has 1 aromatic rings. The Morgan fingerprint density at radius 3 is 2.81 bits per heavy atom. The molecule has 0 aliphatic carbocycles. The van der Waals surface area contributed by atoms with Crippen LogP contribution in [0.2, 0.25) is 0 Å². The highest BCUT2D eigenvalue weighted by Crippen LogP contribution is 2.20. The number of benzene rings is 1. The molecule has 7 nitrogen and oxygen atoms in total. The van der Waals surface area contributed by atoms with Crippen LogP contribution in [-0.2, 0) is 14.3 Å². The average molecular weight is 363 g/mol. The summed E-state index contributed by atoms with van der Waals surface area (Å²) in [4.78, 5) is 24.1. The molecular formula is C19H25NO6. The Bertz CT molecular complexity index is 622. The Hall–Kier alpha value is -2.12. The van der Waals surface area contributed by atoms with Crippen LogP contribution in [0.4, 0.5) is 0 Å². The minimum atomic E-state index is -1.04. The van der Waals surface area contributed by atoms with Crippen LogP contribution in [-0.4, -0.2) is 55.6 Å². The zero-order chi connectivity index (χ0) is 18.4. The zero-order valence-corrected chi connectivity index (χ0v) is 14.7. The van der Waals surface area contributed by atoms with Gasteiger partial charge in [0.25, 0.3) is 5.91 Å². The van der Waals surface area contributed by atoms with Crippen molar-refractivity contribution in [3.8, 4) is 5.75 Å². The van der Waals surface area contributed by atoms with Crippen LogP contribution in [0.5, 0.6) is 5.75 Å². The quantitative estimate of drug-likeness (QED) is 0.768. The van der Waals surface area contributed by atoms with E-state index in [1.807, 2.05) is 0 Å². The molecule has 0 spiro atoms. The first kappa shape index (κ1) is 18.7. The predicted molar refractivity (Wildman–Crippen MR) is 93.3 cm³/mol. The largest absolute Gasteiger partial charge is 0.491 e. The van der Waals surface area contributed by atoms with Crippen molar-refractivity contribution >= 4 is 11.9 Å². The van der Waals surface area contributed by atoms with Gasteiger partial charge < -0.3 is 24.6 Å². The Labute approximate surface area is 152 Å². The Morgan fingerprint density at radius 2 is 2.12 bits per heavy atom. The fraction of sp³-hybridized carbons (Fsp3) is 0.579. The molecule has 2 fully saturated rings. The number of carboxylic acids is 1. The van der Waals surface area contributed by atoms with Crippen molar-refractivity contribution < 1.29 is 28.9 Å². The van der Waals surface area contributed by atoms with Crippen LogP contribution in [0.15, 0.2) is 24.3 Å². The van der Waals surface area contributed by atoms with Crippen LogP contribution in [0.1, 0.15) is 36.0 Å². The number of amides is 1. The normalized spacial score (nSPS) is 24.0. The number of aliphatic carboxylic acids is 1. The second kappa shape index (κ2) is 9.00. The van der Waals surface area contributed by atoms with E-state index in [9.17, 15) is 14.7 Å². The topological polar surface area (TPSA) is 94.1 Å². The number of nitrogens with one attached hydrogen (secondary N) is 1. The van der Waals surface area contributed by atoms with Gasteiger partial charge in [-0.1, -0.05) is 6.07 Å². The van der Waals surface area contributed by atoms with Crippen LogP contribution in [0.25, 0.3) is 0 Å². The van der Waals surface area contributed by atoms with Crippen molar-refractivity contribution in [1.82, 2.24) is 5.32 Å². The van der Waals surface area contributed by atoms with Gasteiger partial charge in [-0.25, -0.2) is 4.79 Å². The minimum Gasteiger partial charge on any atom is -0.491 e. The van der Waals surface area contributed by atoms with Gasteiger partial charge in [-0.3, -0.25) is 4.79 Å². The molecule has 0 bridgehead atoms. The first-order chi connectivity index (χ1) is 12.6. The Balaban J connectivity index is 1.60. The van der Waals surface area contributed by atoms with Gasteiger partial charge in [-0.15, -0.1) is 0 Å². The minimum absolute atomic E-state index is 0.0928. The molecule has 3 rings (SSSR count). The van der Waals surface area contributed by atoms with Gasteiger partial charge in [0.15, 0.2) is 0 Å². The van der Waals surface area contributed by atoms with E-state index in [1.54, 1.807) is 24.3 Å². The van der Waals surface area contributed by atoms with E-state index in [-0.39, 0.29) is 12.0 Å². The Kier molecular flexibility index (Phi) is 6.46. The van der Waals surface area contributed by atoms with E-state index < -0.39 is 17.9 Å². The van der Waals surface area contributed by atoms with Gasteiger partial charge in [-0.05, 0) is 43.9 Å². The lowest BCUT2D eigenvalue weighted by atomic mass is 9.93. The summed E-state index contributed by atoms with van der Waals surface area (Å²) in [5.41, 5.74) is 0.373. The summed E-state index contributed by atoms with van der Waals surface area (Å²) in [6, 6.07) is 5.80. The van der Waals surface area contributed by atoms with Gasteiger partial charge in [0.2, 0.25) is 0 Å². The molecule has 2 aliphatic rings. The van der Waals surface area contributed by atoms with E-state index >= 15 is 0 Å². The van der Waals surface area contributed by atoms with Gasteiger partial charge in [-0.2, -0.15) is 0 Å². The van der Waals surface area contributed by atoms with Crippen LogP contribution in [0.3, 0.4) is 0 Å². The summed E-state index contributed by atoms with van der Waals surface area (Å²) in [5, 5.41) is 12.1. The molecule has 3 atom stereocenters. The van der Waals surface area contributed by atoms with Crippen molar-refractivity contribution in [2.75, 3.05) is 26.4 Å². The molecular weight excluding hydrogens is 338 g/mol. The molecule has 3 unspecified atom stereocenters. The van der Waals surface area contributed by atoms with Crippen molar-refractivity contribution in [3.63, 3.8) is 0 Å². The maximum Gasteiger partial charge on any atom is 0.326 e. The summed E-state index contributed by atoms with van der Waals surface area (Å²) >= 11 is 0. The number of hydrogen-bond donors (Lipinski definition) is 2. The van der Waals surface area contributed by atoms with Gasteiger partial charge in [0, 0.05) is 24.7 Å². The third-order valence-electron chi connectivity index (χ3n) is 4.78. The molecule has 26 heavy (non-hydrogen) atoms. The van der Waals surface area contributed by atoms with Gasteiger partial charge in [0.05, 0.1) is 12.7 Å². The maximum atomic E-state index is 12.5. The lowest BCUT2D eigenvalue weighted by Gasteiger charge is -2.28. The summed E-state index contributed by atoms with van der Waals surface area (Å²) in [6.07, 6.45) is 3.63. The third-order valence-corrected chi connectivity index (χ3v) is 4.78. The predicted octanol–water partition coefficient (Wildman–Crippen LogP) is 1.85. The molecule has 2 heterocycles. The van der Waals surface area contributed by atoms with Crippen LogP contribution in [0, 0.1) is 5.92 Å². The summed E-state index contributed by atoms with van der Waals surface area (Å²) in [5.74, 6) is -1.12. The van der Waals surface area contributed by atoms with Crippen molar-refractivity contribution in [2.24, 2.45) is 5.92 Å². The molecule has 0 aromatic heterocycles. The fourth-order valence-electron chi connectivity index (χ4n) is 3.33. The van der Waals surface area contributed by atoms with Crippen LogP contribution >= 0.6 is 0 Å². The number of carbonyl (C=O) groups is 2. The first-order valence-corrected chi connectivity index (χ1v) is 9.09. The zero-order valence-electron chi connectivity index (χ0n) is 14.7. The van der Waals surface area contributed by atoms with Gasteiger partial charge >= 0.3 is 5.97 Å². The van der Waals surface area contributed by atoms with E-state index in [4.69, 9.17) is 14.2 Å². The number of carbonyl (C=O) groups excluding carboxylic acids is 1. The molecule has 0 saturated carbocycles. The highest BCUT2D eigenvalue weighted by Gasteiger charge is 2.31. The van der Waals surface area contributed by atoms with Gasteiger partial charge in [0.1, 0.15) is 18.4 Å². The fourth-order valence-corrected chi connectivity index (χ4v) is 3.33. The number of hydrogen-bond acceptors (Lipinski definition) is 5. The van der Waals surface area contributed by atoms with E-state index in [2.05, 4.69) is 5.32 Å². The van der Waals surface area contributed by atoms with E-state index in [0.29, 0.717) is 31.1 Å². The maximum absolute atomic E-state index is 12.5.